The molecule has 1 aliphatic rings. The van der Waals surface area contributed by atoms with Crippen LogP contribution in [0.1, 0.15) is 56.7 Å². The zero-order valence-corrected chi connectivity index (χ0v) is 34.3. The number of hydrogen-bond donors (Lipinski definition) is 12. The summed E-state index contributed by atoms with van der Waals surface area (Å²) in [6.07, 6.45) is -2.90. The lowest BCUT2D eigenvalue weighted by Gasteiger charge is -2.19. The first-order valence-electron chi connectivity index (χ1n) is 16.6. The molecule has 0 aromatic carbocycles. The molecule has 0 radical (unpaired) electrons. The molecule has 0 bridgehead atoms. The topological polar surface area (TPSA) is 432 Å². The molecular formula is C26H43N6O21P3S2. The average Bonchev–Trinajstić information content (AvgIpc) is 3.45. The number of nitrogens with zero attached hydrogens (tertiary/aromatic N) is 1. The Morgan fingerprint density at radius 1 is 0.966 bits per heavy atom. The van der Waals surface area contributed by atoms with Crippen molar-refractivity contribution in [1.29, 1.82) is 0 Å². The summed E-state index contributed by atoms with van der Waals surface area (Å²) >= 11 is 0. The summed E-state index contributed by atoms with van der Waals surface area (Å²) in [7, 11) is -14.5. The Morgan fingerprint density at radius 3 is 2.29 bits per heavy atom. The first kappa shape index (κ1) is 51.2. The number of phosphoric ester groups is 1. The van der Waals surface area contributed by atoms with E-state index in [2.05, 4.69) is 29.1 Å². The molecule has 2 rings (SSSR count). The summed E-state index contributed by atoms with van der Waals surface area (Å²) in [5.74, 6) is -3.85. The van der Waals surface area contributed by atoms with E-state index in [-0.39, 0.29) is 49.4 Å². The molecule has 1 fully saturated rings. The number of carbonyl (C=O) groups excluding carboxylic acids is 3. The van der Waals surface area contributed by atoms with E-state index < -0.39 is 108 Å². The number of aromatic nitrogens is 2. The number of hydrogen-bond acceptors (Lipinski definition) is 18. The standard InChI is InChI=1S/C26H43N6O21P3S2/c27-15(24(39)28-6-3-1-2-4-20(35)30-16(25(40)41)8-22(36)37)13-58-57-7-5-19(34)29-10-14-11-32(26(42)31-23(14)38)21-9-17(33)18(51-21)12-50-55(46,47)53-56(48,49)52-54(43,44)45/h11,15-18,21,33H,1-10,12-13,27H2,(H,28,39)(H,29,34)(H,30,35)(H,36,37)(H,40,41)(H,46,47)(H,48,49)(H,31,38,42)(H2,43,44,45). The highest BCUT2D eigenvalue weighted by Gasteiger charge is 2.43. The molecule has 0 spiro atoms. The van der Waals surface area contributed by atoms with Crippen LogP contribution in [0.4, 0.5) is 0 Å². The quantitative estimate of drug-likeness (QED) is 0.0257. The van der Waals surface area contributed by atoms with E-state index >= 15 is 0 Å². The van der Waals surface area contributed by atoms with E-state index in [0.717, 1.165) is 10.8 Å². The average molecular weight is 933 g/mol. The van der Waals surface area contributed by atoms with Crippen molar-refractivity contribution in [2.45, 2.75) is 82.0 Å². The largest absolute Gasteiger partial charge is 0.490 e. The van der Waals surface area contributed by atoms with Crippen LogP contribution in [0.15, 0.2) is 15.8 Å². The summed E-state index contributed by atoms with van der Waals surface area (Å²) in [6, 6.07) is -2.40. The molecule has 1 aromatic heterocycles. The Morgan fingerprint density at radius 2 is 1.66 bits per heavy atom. The lowest BCUT2D eigenvalue weighted by molar-refractivity contribution is -0.147. The number of rotatable bonds is 27. The number of aliphatic carboxylic acids is 2. The number of phosphoric acid groups is 3. The van der Waals surface area contributed by atoms with Crippen molar-refractivity contribution in [3.05, 3.63) is 32.6 Å². The fraction of sp³-hybridized carbons (Fsp3) is 0.654. The molecule has 27 nitrogen and oxygen atoms in total. The second-order valence-corrected chi connectivity index (χ2v) is 19.1. The van der Waals surface area contributed by atoms with Gasteiger partial charge in [-0.15, -0.1) is 0 Å². The maximum atomic E-state index is 12.5. The Kier molecular flexibility index (Phi) is 20.9. The van der Waals surface area contributed by atoms with Crippen LogP contribution in [0.25, 0.3) is 0 Å². The molecule has 32 heteroatoms. The Labute approximate surface area is 335 Å². The van der Waals surface area contributed by atoms with Crippen LogP contribution in [-0.4, -0.2) is 123 Å². The number of aromatic amines is 1. The van der Waals surface area contributed by atoms with Crippen molar-refractivity contribution in [2.24, 2.45) is 5.73 Å². The molecule has 1 aromatic rings. The number of unbranched alkanes of at least 4 members (excludes halogenated alkanes) is 2. The van der Waals surface area contributed by atoms with Gasteiger partial charge in [0.15, 0.2) is 0 Å². The van der Waals surface area contributed by atoms with Crippen molar-refractivity contribution in [2.75, 3.05) is 24.7 Å². The van der Waals surface area contributed by atoms with Crippen molar-refractivity contribution in [3.63, 3.8) is 0 Å². The van der Waals surface area contributed by atoms with Crippen molar-refractivity contribution in [3.8, 4) is 0 Å². The Bertz CT molecular complexity index is 1880. The zero-order valence-electron chi connectivity index (χ0n) is 30.0. The number of aliphatic hydroxyl groups excluding tert-OH is 1. The first-order valence-corrected chi connectivity index (χ1v) is 23.6. The normalized spacial score (nSPS) is 19.9. The number of carboxylic acids is 2. The zero-order chi connectivity index (χ0) is 43.8. The number of ether oxygens (including phenoxy) is 1. The predicted octanol–water partition coefficient (Wildman–Crippen LogP) is -2.04. The van der Waals surface area contributed by atoms with Gasteiger partial charge in [0.2, 0.25) is 17.7 Å². The van der Waals surface area contributed by atoms with Gasteiger partial charge < -0.3 is 61.3 Å². The van der Waals surface area contributed by atoms with Crippen LogP contribution in [0.5, 0.6) is 0 Å². The molecule has 13 N–H and O–H groups in total. The van der Waals surface area contributed by atoms with Gasteiger partial charge in [0.1, 0.15) is 18.4 Å². The van der Waals surface area contributed by atoms with E-state index in [1.165, 1.54) is 21.6 Å². The lowest BCUT2D eigenvalue weighted by atomic mass is 10.1. The van der Waals surface area contributed by atoms with Gasteiger partial charge in [-0.05, 0) is 12.8 Å². The molecule has 7 unspecified atom stereocenters. The van der Waals surface area contributed by atoms with Gasteiger partial charge in [0, 0.05) is 50.1 Å². The SMILES string of the molecule is NC(CSSCCC(=O)NCc1cn(C2CC(O)C(COP(=O)(O)OP(=O)(O)OP(=O)(O)O)O2)c(=O)[nH]c1=O)C(=O)NCCCCCC(=O)NC(CC(=O)O)C(=O)O. The number of H-pyrrole nitrogens is 1. The maximum absolute atomic E-state index is 12.5. The van der Waals surface area contributed by atoms with E-state index in [4.69, 9.17) is 30.5 Å². The van der Waals surface area contributed by atoms with Crippen LogP contribution in [0, 0.1) is 0 Å². The molecule has 1 saturated heterocycles. The third-order valence-corrected chi connectivity index (χ3v) is 13.6. The van der Waals surface area contributed by atoms with Crippen LogP contribution in [0.2, 0.25) is 0 Å². The minimum Gasteiger partial charge on any atom is -0.481 e. The van der Waals surface area contributed by atoms with E-state index in [0.29, 0.717) is 19.3 Å². The predicted molar refractivity (Wildman–Crippen MR) is 198 cm³/mol. The number of nitrogens with one attached hydrogen (secondary N) is 4. The lowest BCUT2D eigenvalue weighted by Crippen LogP contribution is -2.42. The highest BCUT2D eigenvalue weighted by molar-refractivity contribution is 8.76. The number of carboxylic acid groups (broad SMARTS) is 2. The smallest absolute Gasteiger partial charge is 0.481 e. The van der Waals surface area contributed by atoms with Crippen molar-refractivity contribution < 1.29 is 90.4 Å². The molecule has 1 aliphatic heterocycles. The fourth-order valence-electron chi connectivity index (χ4n) is 4.62. The highest BCUT2D eigenvalue weighted by Crippen LogP contribution is 2.66. The summed E-state index contributed by atoms with van der Waals surface area (Å²) in [5.41, 5.74) is 3.96. The summed E-state index contributed by atoms with van der Waals surface area (Å²) < 4.78 is 52.2. The Balaban J connectivity index is 1.70. The molecule has 3 amide bonds. The molecule has 58 heavy (non-hydrogen) atoms. The summed E-state index contributed by atoms with van der Waals surface area (Å²) in [5, 5.41) is 35.3. The van der Waals surface area contributed by atoms with E-state index in [9.17, 15) is 62.2 Å². The molecular weight excluding hydrogens is 889 g/mol. The van der Waals surface area contributed by atoms with E-state index in [1.54, 1.807) is 0 Å². The summed E-state index contributed by atoms with van der Waals surface area (Å²) in [6.45, 7) is -1.07. The van der Waals surface area contributed by atoms with Crippen molar-refractivity contribution in [1.82, 2.24) is 25.5 Å². The van der Waals surface area contributed by atoms with Gasteiger partial charge >= 0.3 is 41.1 Å². The van der Waals surface area contributed by atoms with Gasteiger partial charge in [-0.2, -0.15) is 8.62 Å². The number of nitrogens with two attached hydrogens (primary N) is 1. The minimum atomic E-state index is -5.79. The number of aliphatic hydroxyl groups is 1. The number of amides is 3. The third-order valence-electron chi connectivity index (χ3n) is 7.32. The maximum Gasteiger partial charge on any atom is 0.490 e. The first-order chi connectivity index (χ1) is 26.9. The molecule has 7 atom stereocenters. The summed E-state index contributed by atoms with van der Waals surface area (Å²) in [4.78, 5) is 121. The highest BCUT2D eigenvalue weighted by atomic mass is 33.1. The van der Waals surface area contributed by atoms with Crippen LogP contribution in [0.3, 0.4) is 0 Å². The number of carbonyl (C=O) groups is 5. The van der Waals surface area contributed by atoms with Gasteiger partial charge in [0.05, 0.1) is 30.7 Å². The minimum absolute atomic E-state index is 0.0135. The second-order valence-electron chi connectivity index (χ2n) is 12.0. The van der Waals surface area contributed by atoms with Crippen LogP contribution in [-0.2, 0) is 62.1 Å². The van der Waals surface area contributed by atoms with Gasteiger partial charge in [-0.25, -0.2) is 23.3 Å². The van der Waals surface area contributed by atoms with Crippen LogP contribution >= 0.6 is 45.1 Å². The van der Waals surface area contributed by atoms with E-state index in [1.807, 2.05) is 4.98 Å². The molecule has 2 heterocycles. The fourth-order valence-corrected chi connectivity index (χ4v) is 9.76. The third kappa shape index (κ3) is 19.8. The van der Waals surface area contributed by atoms with Crippen LogP contribution < -0.4 is 32.9 Å². The molecule has 0 saturated carbocycles. The molecule has 330 valence electrons. The van der Waals surface area contributed by atoms with Gasteiger partial charge in [0.25, 0.3) is 5.56 Å². The van der Waals surface area contributed by atoms with Gasteiger partial charge in [-0.3, -0.25) is 38.0 Å². The van der Waals surface area contributed by atoms with Gasteiger partial charge in [-0.1, -0.05) is 28.0 Å². The second kappa shape index (κ2) is 23.7. The van der Waals surface area contributed by atoms with Crippen molar-refractivity contribution >= 4 is 74.7 Å². The monoisotopic (exact) mass is 932 g/mol. The Hall–Kier alpha value is -2.98. The molecule has 0 aliphatic carbocycles.